The molecule has 5 rings (SSSR count). The van der Waals surface area contributed by atoms with Crippen molar-refractivity contribution in [1.29, 1.82) is 0 Å². The molecule has 0 aromatic heterocycles. The second-order valence-electron chi connectivity index (χ2n) is 11.4. The van der Waals surface area contributed by atoms with Crippen LogP contribution in [0.25, 0.3) is 0 Å². The van der Waals surface area contributed by atoms with Gasteiger partial charge in [-0.1, -0.05) is 24.4 Å². The van der Waals surface area contributed by atoms with E-state index in [0.717, 1.165) is 82.2 Å². The van der Waals surface area contributed by atoms with Crippen LogP contribution >= 0.6 is 11.6 Å². The standard InChI is InChI=1S/C29H32ClF4NO2.C3H6O2/c30-25-8-7-22(29(32,33)34)13-21(25)16-35-11-9-18(10-12-35)17-37-27-15-26(31)24(14-23(27)19-5-6-19)28(36)20-3-1-2-4-20;1-2-5-3-4/h7-8,13-15,18-20H,1-6,9-12,16-17H2;3H,2H2,1H3. The van der Waals surface area contributed by atoms with Crippen molar-refractivity contribution in [3.05, 3.63) is 63.4 Å². The number of ketones is 1. The molecule has 10 heteroatoms. The van der Waals surface area contributed by atoms with E-state index in [1.54, 1.807) is 13.0 Å². The largest absolute Gasteiger partial charge is 0.493 e. The Kier molecular flexibility index (Phi) is 11.3. The third kappa shape index (κ3) is 8.69. The van der Waals surface area contributed by atoms with Gasteiger partial charge in [0.05, 0.1) is 24.3 Å². The SMILES string of the molecule is CCOC=O.O=C(c1cc(C2CC2)c(OCC2CCN(Cc3cc(C(F)(F)F)ccc3Cl)CC2)cc1F)C1CCCC1. The molecule has 2 aliphatic carbocycles. The van der Waals surface area contributed by atoms with Gasteiger partial charge in [-0.3, -0.25) is 14.5 Å². The Morgan fingerprint density at radius 1 is 1.05 bits per heavy atom. The lowest BCUT2D eigenvalue weighted by atomic mass is 9.93. The second-order valence-corrected chi connectivity index (χ2v) is 11.8. The number of hydrogen-bond donors (Lipinski definition) is 0. The Morgan fingerprint density at radius 2 is 1.74 bits per heavy atom. The summed E-state index contributed by atoms with van der Waals surface area (Å²) in [7, 11) is 0. The van der Waals surface area contributed by atoms with Crippen LogP contribution in [0.4, 0.5) is 17.6 Å². The zero-order valence-corrected chi connectivity index (χ0v) is 24.6. The van der Waals surface area contributed by atoms with E-state index in [1.807, 2.05) is 0 Å². The van der Waals surface area contributed by atoms with E-state index in [-0.39, 0.29) is 23.2 Å². The third-order valence-corrected chi connectivity index (χ3v) is 8.66. The van der Waals surface area contributed by atoms with E-state index >= 15 is 0 Å². The molecule has 1 heterocycles. The minimum absolute atomic E-state index is 0.0654. The summed E-state index contributed by atoms with van der Waals surface area (Å²) in [6.07, 6.45) is 3.05. The fourth-order valence-electron chi connectivity index (χ4n) is 5.71. The zero-order chi connectivity index (χ0) is 30.3. The number of ether oxygens (including phenoxy) is 2. The highest BCUT2D eigenvalue weighted by Gasteiger charge is 2.33. The first-order chi connectivity index (χ1) is 20.1. The smallest absolute Gasteiger partial charge is 0.416 e. The second kappa shape index (κ2) is 14.7. The monoisotopic (exact) mass is 611 g/mol. The third-order valence-electron chi connectivity index (χ3n) is 8.29. The summed E-state index contributed by atoms with van der Waals surface area (Å²) in [4.78, 5) is 24.2. The van der Waals surface area contributed by atoms with Crippen molar-refractivity contribution < 1.29 is 36.6 Å². The van der Waals surface area contributed by atoms with E-state index in [9.17, 15) is 27.2 Å². The van der Waals surface area contributed by atoms with E-state index in [4.69, 9.17) is 16.3 Å². The highest BCUT2D eigenvalue weighted by Crippen LogP contribution is 2.46. The van der Waals surface area contributed by atoms with Gasteiger partial charge < -0.3 is 9.47 Å². The molecule has 0 N–H and O–H groups in total. The van der Waals surface area contributed by atoms with Gasteiger partial charge in [0.2, 0.25) is 0 Å². The van der Waals surface area contributed by atoms with Crippen LogP contribution < -0.4 is 4.74 Å². The van der Waals surface area contributed by atoms with Crippen molar-refractivity contribution in [3.8, 4) is 5.75 Å². The molecule has 0 atom stereocenters. The fraction of sp³-hybridized carbons (Fsp3) is 0.562. The van der Waals surface area contributed by atoms with Gasteiger partial charge in [0.15, 0.2) is 5.78 Å². The van der Waals surface area contributed by atoms with Gasteiger partial charge in [0, 0.05) is 23.6 Å². The van der Waals surface area contributed by atoms with Crippen LogP contribution in [0.2, 0.25) is 5.02 Å². The van der Waals surface area contributed by atoms with Crippen molar-refractivity contribution in [1.82, 2.24) is 4.90 Å². The van der Waals surface area contributed by atoms with Gasteiger partial charge in [0.1, 0.15) is 11.6 Å². The summed E-state index contributed by atoms with van der Waals surface area (Å²) in [6.45, 7) is 4.92. The summed E-state index contributed by atoms with van der Waals surface area (Å²) in [5.41, 5.74) is 0.940. The molecule has 2 aromatic carbocycles. The molecule has 2 saturated carbocycles. The van der Waals surface area contributed by atoms with Crippen LogP contribution in [-0.2, 0) is 22.3 Å². The minimum Gasteiger partial charge on any atom is -0.493 e. The van der Waals surface area contributed by atoms with Crippen LogP contribution in [0.3, 0.4) is 0 Å². The maximum atomic E-state index is 15.0. The molecular weight excluding hydrogens is 574 g/mol. The first kappa shape index (κ1) is 32.3. The number of alkyl halides is 3. The molecule has 3 fully saturated rings. The van der Waals surface area contributed by atoms with Gasteiger partial charge in [-0.05, 0) is 106 Å². The normalized spacial score (nSPS) is 18.3. The number of likely N-dealkylation sites (tertiary alicyclic amines) is 1. The number of rotatable bonds is 10. The van der Waals surface area contributed by atoms with Gasteiger partial charge in [0.25, 0.3) is 6.47 Å². The van der Waals surface area contributed by atoms with Crippen LogP contribution in [0.1, 0.15) is 91.3 Å². The van der Waals surface area contributed by atoms with Crippen molar-refractivity contribution in [2.45, 2.75) is 76.9 Å². The molecule has 0 amide bonds. The minimum atomic E-state index is -4.40. The molecule has 2 aromatic rings. The number of benzene rings is 2. The summed E-state index contributed by atoms with van der Waals surface area (Å²) < 4.78 is 64.5. The lowest BCUT2D eigenvalue weighted by Crippen LogP contribution is -2.35. The number of carbonyl (C=O) groups excluding carboxylic acids is 2. The molecule has 1 saturated heterocycles. The molecule has 0 spiro atoms. The Morgan fingerprint density at radius 3 is 2.31 bits per heavy atom. The number of nitrogens with zero attached hydrogens (tertiary/aromatic N) is 1. The average molecular weight is 612 g/mol. The summed E-state index contributed by atoms with van der Waals surface area (Å²) in [6, 6.07) is 6.59. The van der Waals surface area contributed by atoms with E-state index in [2.05, 4.69) is 9.64 Å². The summed E-state index contributed by atoms with van der Waals surface area (Å²) >= 11 is 6.17. The average Bonchev–Trinajstić information content (AvgIpc) is 3.66. The van der Waals surface area contributed by atoms with Gasteiger partial charge >= 0.3 is 6.18 Å². The van der Waals surface area contributed by atoms with E-state index in [1.165, 1.54) is 12.1 Å². The van der Waals surface area contributed by atoms with E-state index in [0.29, 0.717) is 48.5 Å². The lowest BCUT2D eigenvalue weighted by Gasteiger charge is -2.32. The fourth-order valence-corrected chi connectivity index (χ4v) is 5.88. The first-order valence-electron chi connectivity index (χ1n) is 14.7. The lowest BCUT2D eigenvalue weighted by molar-refractivity contribution is -0.137. The van der Waals surface area contributed by atoms with E-state index < -0.39 is 17.6 Å². The highest BCUT2D eigenvalue weighted by molar-refractivity contribution is 6.31. The highest BCUT2D eigenvalue weighted by atomic mass is 35.5. The summed E-state index contributed by atoms with van der Waals surface area (Å²) in [5.74, 6) is 0.499. The van der Waals surface area contributed by atoms with Gasteiger partial charge in [-0.25, -0.2) is 4.39 Å². The predicted molar refractivity (Wildman–Crippen MR) is 152 cm³/mol. The van der Waals surface area contributed by atoms with Gasteiger partial charge in [-0.2, -0.15) is 13.2 Å². The molecular formula is C32H38ClF4NO4. The van der Waals surface area contributed by atoms with Crippen LogP contribution in [-0.4, -0.2) is 43.5 Å². The number of halogens is 5. The quantitative estimate of drug-likeness (QED) is 0.154. The van der Waals surface area contributed by atoms with Gasteiger partial charge in [-0.15, -0.1) is 0 Å². The molecule has 1 aliphatic heterocycles. The first-order valence-corrected chi connectivity index (χ1v) is 15.1. The Bertz CT molecular complexity index is 1220. The Hall–Kier alpha value is -2.65. The van der Waals surface area contributed by atoms with Crippen LogP contribution in [0.5, 0.6) is 5.75 Å². The van der Waals surface area contributed by atoms with Crippen LogP contribution in [0, 0.1) is 17.7 Å². The number of Topliss-reactive ketones (excluding diaryl/α,β-unsaturated/α-hetero) is 1. The molecule has 0 bridgehead atoms. The molecule has 0 radical (unpaired) electrons. The zero-order valence-electron chi connectivity index (χ0n) is 23.9. The number of carbonyl (C=O) groups is 2. The number of piperidine rings is 1. The van der Waals surface area contributed by atoms with Crippen molar-refractivity contribution in [3.63, 3.8) is 0 Å². The van der Waals surface area contributed by atoms with Crippen LogP contribution in [0.15, 0.2) is 30.3 Å². The molecule has 5 nitrogen and oxygen atoms in total. The molecule has 230 valence electrons. The Balaban J connectivity index is 0.000000748. The Labute approximate surface area is 249 Å². The maximum absolute atomic E-state index is 15.0. The van der Waals surface area contributed by atoms with Crippen molar-refractivity contribution in [2.24, 2.45) is 11.8 Å². The number of hydrogen-bond acceptors (Lipinski definition) is 5. The van der Waals surface area contributed by atoms with Crippen molar-refractivity contribution >= 4 is 23.9 Å². The predicted octanol–water partition coefficient (Wildman–Crippen LogP) is 8.22. The topological polar surface area (TPSA) is 55.8 Å². The summed E-state index contributed by atoms with van der Waals surface area (Å²) in [5, 5.41) is 0.336. The molecule has 42 heavy (non-hydrogen) atoms. The van der Waals surface area contributed by atoms with Crippen molar-refractivity contribution in [2.75, 3.05) is 26.3 Å². The molecule has 3 aliphatic rings. The maximum Gasteiger partial charge on any atom is 0.416 e. The molecule has 0 unspecified atom stereocenters.